The summed E-state index contributed by atoms with van der Waals surface area (Å²) in [5, 5.41) is 1.51. The van der Waals surface area contributed by atoms with E-state index in [0.29, 0.717) is 40.1 Å². The van der Waals surface area contributed by atoms with E-state index in [4.69, 9.17) is 34.8 Å². The second kappa shape index (κ2) is 13.1. The topological polar surface area (TPSA) is 23.6 Å². The Labute approximate surface area is 246 Å². The van der Waals surface area contributed by atoms with E-state index in [1.54, 1.807) is 12.1 Å². The third kappa shape index (κ3) is 7.69. The van der Waals surface area contributed by atoms with Gasteiger partial charge in [-0.3, -0.25) is 9.69 Å². The molecule has 0 radical (unpaired) electrons. The molecule has 1 amide bonds. The monoisotopic (exact) mass is 614 g/mol. The number of alkyl halides is 3. The lowest BCUT2D eigenvalue weighted by molar-refractivity contribution is -0.140. The highest BCUT2D eigenvalue weighted by Crippen LogP contribution is 2.36. The fourth-order valence-electron chi connectivity index (χ4n) is 5.21. The molecule has 1 aliphatic rings. The summed E-state index contributed by atoms with van der Waals surface area (Å²) in [6.07, 6.45) is -1.90. The predicted molar refractivity (Wildman–Crippen MR) is 151 cm³/mol. The van der Waals surface area contributed by atoms with Crippen molar-refractivity contribution < 1.29 is 22.4 Å². The number of benzene rings is 3. The Morgan fingerprint density at radius 3 is 2.27 bits per heavy atom. The number of hydrogen-bond donors (Lipinski definition) is 0. The summed E-state index contributed by atoms with van der Waals surface area (Å²) in [4.78, 5) is 17.0. The van der Waals surface area contributed by atoms with Crippen LogP contribution in [0.3, 0.4) is 0 Å². The molecule has 3 aromatic carbocycles. The van der Waals surface area contributed by atoms with E-state index in [1.165, 1.54) is 11.6 Å². The average molecular weight is 616 g/mol. The average Bonchev–Trinajstić information content (AvgIpc) is 3.34. The predicted octanol–water partition coefficient (Wildman–Crippen LogP) is 8.64. The SMILES string of the molecule is CN(Cc1ccc(C(F)(F)F)c(F)c1)C1CN(C(=O)CCCCc2ccc(Cl)cc2)C[C@@H]1c1ccc(Cl)c(Cl)c1. The van der Waals surface area contributed by atoms with Crippen molar-refractivity contribution in [3.05, 3.63) is 104 Å². The Morgan fingerprint density at radius 2 is 1.62 bits per heavy atom. The first-order chi connectivity index (χ1) is 18.9. The number of unbranched alkanes of at least 4 members (excludes halogenated alkanes) is 1. The lowest BCUT2D eigenvalue weighted by Crippen LogP contribution is -2.38. The molecule has 0 bridgehead atoms. The Kier molecular flexibility index (Phi) is 10.0. The Hall–Kier alpha value is -2.32. The first-order valence-electron chi connectivity index (χ1n) is 13.0. The molecule has 0 aromatic heterocycles. The summed E-state index contributed by atoms with van der Waals surface area (Å²) >= 11 is 18.4. The minimum Gasteiger partial charge on any atom is -0.340 e. The van der Waals surface area contributed by atoms with E-state index in [0.717, 1.165) is 37.0 Å². The Morgan fingerprint density at radius 1 is 0.925 bits per heavy atom. The van der Waals surface area contributed by atoms with Gasteiger partial charge in [0.2, 0.25) is 5.91 Å². The minimum absolute atomic E-state index is 0.0395. The van der Waals surface area contributed by atoms with Crippen LogP contribution in [-0.4, -0.2) is 41.9 Å². The van der Waals surface area contributed by atoms with E-state index < -0.39 is 17.6 Å². The highest BCUT2D eigenvalue weighted by molar-refractivity contribution is 6.42. The zero-order valence-electron chi connectivity index (χ0n) is 21.8. The molecule has 2 atom stereocenters. The fourth-order valence-corrected chi connectivity index (χ4v) is 5.65. The van der Waals surface area contributed by atoms with Gasteiger partial charge >= 0.3 is 6.18 Å². The maximum absolute atomic E-state index is 14.2. The van der Waals surface area contributed by atoms with Crippen LogP contribution in [0.15, 0.2) is 60.7 Å². The summed E-state index contributed by atoms with van der Waals surface area (Å²) < 4.78 is 53.2. The van der Waals surface area contributed by atoms with Crippen molar-refractivity contribution in [2.75, 3.05) is 20.1 Å². The molecule has 1 fully saturated rings. The number of likely N-dealkylation sites (N-methyl/N-ethyl adjacent to an activating group) is 1. The van der Waals surface area contributed by atoms with E-state index in [1.807, 2.05) is 47.2 Å². The number of hydrogen-bond acceptors (Lipinski definition) is 2. The molecule has 0 N–H and O–H groups in total. The van der Waals surface area contributed by atoms with Gasteiger partial charge in [-0.25, -0.2) is 4.39 Å². The van der Waals surface area contributed by atoms with Crippen molar-refractivity contribution in [2.45, 2.75) is 50.4 Å². The largest absolute Gasteiger partial charge is 0.419 e. The number of likely N-dealkylation sites (tertiary alicyclic amines) is 1. The summed E-state index contributed by atoms with van der Waals surface area (Å²) in [6.45, 7) is 1.10. The van der Waals surface area contributed by atoms with Crippen LogP contribution in [-0.2, 0) is 23.9 Å². The van der Waals surface area contributed by atoms with Crippen molar-refractivity contribution in [1.29, 1.82) is 0 Å². The number of carbonyl (C=O) groups is 1. The molecule has 1 aliphatic heterocycles. The van der Waals surface area contributed by atoms with E-state index in [9.17, 15) is 22.4 Å². The third-order valence-electron chi connectivity index (χ3n) is 7.37. The number of amides is 1. The quantitative estimate of drug-likeness (QED) is 0.178. The van der Waals surface area contributed by atoms with Crippen LogP contribution in [0.25, 0.3) is 0 Å². The molecule has 3 nitrogen and oxygen atoms in total. The second-order valence-corrected chi connectivity index (χ2v) is 11.5. The maximum atomic E-state index is 14.2. The van der Waals surface area contributed by atoms with Gasteiger partial charge in [0.15, 0.2) is 0 Å². The number of nitrogens with zero attached hydrogens (tertiary/aromatic N) is 2. The van der Waals surface area contributed by atoms with Crippen molar-refractivity contribution in [1.82, 2.24) is 9.80 Å². The van der Waals surface area contributed by atoms with Crippen LogP contribution in [0, 0.1) is 5.82 Å². The first kappa shape index (κ1) is 30.6. The lowest BCUT2D eigenvalue weighted by Gasteiger charge is -2.29. The molecule has 0 aliphatic carbocycles. The highest BCUT2D eigenvalue weighted by Gasteiger charge is 2.39. The van der Waals surface area contributed by atoms with Crippen LogP contribution >= 0.6 is 34.8 Å². The van der Waals surface area contributed by atoms with Gasteiger partial charge in [0, 0.05) is 43.0 Å². The number of halogens is 7. The fraction of sp³-hybridized carbons (Fsp3) is 0.367. The number of carbonyl (C=O) groups excluding carboxylic acids is 1. The van der Waals surface area contributed by atoms with Gasteiger partial charge in [-0.1, -0.05) is 59.1 Å². The van der Waals surface area contributed by atoms with Crippen molar-refractivity contribution in [3.8, 4) is 0 Å². The maximum Gasteiger partial charge on any atom is 0.419 e. The van der Waals surface area contributed by atoms with E-state index in [2.05, 4.69) is 0 Å². The van der Waals surface area contributed by atoms with Crippen molar-refractivity contribution in [2.24, 2.45) is 0 Å². The Balaban J connectivity index is 1.44. The zero-order valence-corrected chi connectivity index (χ0v) is 24.1. The summed E-state index contributed by atoms with van der Waals surface area (Å²) in [7, 11) is 1.82. The summed E-state index contributed by atoms with van der Waals surface area (Å²) in [5.41, 5.74) is 1.19. The zero-order chi connectivity index (χ0) is 29.0. The number of aryl methyl sites for hydroxylation is 1. The standard InChI is InChI=1S/C30H29Cl3F4N2O/c1-38(16-20-8-12-24(27(34)14-20)30(35,36)37)28-18-39(17-23(28)21-9-13-25(32)26(33)15-21)29(40)5-3-2-4-19-6-10-22(31)11-7-19/h6-15,23,28H,2-5,16-18H2,1H3/t23-,28?/m1/s1. The molecule has 1 saturated heterocycles. The normalized spacial score (nSPS) is 17.6. The molecule has 4 rings (SSSR count). The van der Waals surface area contributed by atoms with Gasteiger partial charge in [-0.15, -0.1) is 0 Å². The van der Waals surface area contributed by atoms with Gasteiger partial charge < -0.3 is 4.90 Å². The van der Waals surface area contributed by atoms with Crippen LogP contribution in [0.5, 0.6) is 0 Å². The van der Waals surface area contributed by atoms with Gasteiger partial charge in [0.25, 0.3) is 0 Å². The highest BCUT2D eigenvalue weighted by atomic mass is 35.5. The smallest absolute Gasteiger partial charge is 0.340 e. The van der Waals surface area contributed by atoms with Crippen LogP contribution in [0.2, 0.25) is 15.1 Å². The number of rotatable bonds is 9. The van der Waals surface area contributed by atoms with Crippen LogP contribution < -0.4 is 0 Å². The Bertz CT molecular complexity index is 1330. The molecule has 214 valence electrons. The molecule has 3 aromatic rings. The van der Waals surface area contributed by atoms with Gasteiger partial charge in [-0.2, -0.15) is 13.2 Å². The molecular weight excluding hydrogens is 587 g/mol. The van der Waals surface area contributed by atoms with Gasteiger partial charge in [-0.05, 0) is 79.4 Å². The summed E-state index contributed by atoms with van der Waals surface area (Å²) in [5.74, 6) is -1.38. The molecule has 1 unspecified atom stereocenters. The first-order valence-corrected chi connectivity index (χ1v) is 14.1. The van der Waals surface area contributed by atoms with Gasteiger partial charge in [0.05, 0.1) is 15.6 Å². The van der Waals surface area contributed by atoms with Crippen molar-refractivity contribution in [3.63, 3.8) is 0 Å². The minimum atomic E-state index is -4.76. The molecule has 0 saturated carbocycles. The molecule has 1 heterocycles. The van der Waals surface area contributed by atoms with Crippen molar-refractivity contribution >= 4 is 40.7 Å². The molecule has 10 heteroatoms. The van der Waals surface area contributed by atoms with Crippen LogP contribution in [0.4, 0.5) is 17.6 Å². The molecule has 40 heavy (non-hydrogen) atoms. The second-order valence-electron chi connectivity index (χ2n) is 10.2. The van der Waals surface area contributed by atoms with Gasteiger partial charge in [0.1, 0.15) is 5.82 Å². The molecule has 0 spiro atoms. The van der Waals surface area contributed by atoms with Crippen LogP contribution in [0.1, 0.15) is 47.4 Å². The third-order valence-corrected chi connectivity index (χ3v) is 8.36. The molecular formula is C30H29Cl3F4N2O. The van der Waals surface area contributed by atoms with E-state index >= 15 is 0 Å². The lowest BCUT2D eigenvalue weighted by atomic mass is 9.93. The summed E-state index contributed by atoms with van der Waals surface area (Å²) in [6, 6.07) is 15.8. The van der Waals surface area contributed by atoms with E-state index in [-0.39, 0.29) is 24.4 Å².